The minimum Gasteiger partial charge on any atom is -0.375 e. The molecule has 0 spiro atoms. The lowest BCUT2D eigenvalue weighted by atomic mass is 10.2. The van der Waals surface area contributed by atoms with Crippen LogP contribution in [0.3, 0.4) is 0 Å². The first-order valence-electron chi connectivity index (χ1n) is 6.12. The Kier molecular flexibility index (Phi) is 2.46. The lowest BCUT2D eigenvalue weighted by molar-refractivity contribution is 0.515. The number of imidazole rings is 1. The fourth-order valence-corrected chi connectivity index (χ4v) is 3.02. The molecule has 21 heavy (non-hydrogen) atoms. The van der Waals surface area contributed by atoms with Crippen molar-refractivity contribution in [1.29, 1.82) is 0 Å². The van der Waals surface area contributed by atoms with E-state index in [9.17, 15) is 8.78 Å². The van der Waals surface area contributed by atoms with Crippen LogP contribution in [0.15, 0.2) is 30.3 Å². The van der Waals surface area contributed by atoms with Crippen molar-refractivity contribution < 1.29 is 8.78 Å². The molecule has 2 heterocycles. The van der Waals surface area contributed by atoms with E-state index in [1.54, 1.807) is 0 Å². The molecule has 3 N–H and O–H groups in total. The van der Waals surface area contributed by atoms with E-state index in [0.29, 0.717) is 16.5 Å². The minimum absolute atomic E-state index is 0.00563. The van der Waals surface area contributed by atoms with E-state index < -0.39 is 11.6 Å². The van der Waals surface area contributed by atoms with Crippen LogP contribution in [0.4, 0.5) is 13.9 Å². The number of nitrogens with zero attached hydrogens (tertiary/aromatic N) is 2. The molecule has 0 atom stereocenters. The Morgan fingerprint density at radius 2 is 1.95 bits per heavy atom. The minimum atomic E-state index is -0.946. The summed E-state index contributed by atoms with van der Waals surface area (Å²) in [6.07, 6.45) is 0. The van der Waals surface area contributed by atoms with Crippen molar-refractivity contribution in [1.82, 2.24) is 15.0 Å². The number of H-pyrrole nitrogens is 1. The molecule has 2 aromatic heterocycles. The largest absolute Gasteiger partial charge is 0.375 e. The Labute approximate surface area is 121 Å². The molecule has 0 aliphatic heterocycles. The SMILES string of the molecule is Nc1nc2ccc(-c3nc4c(F)c(F)ccc4[nH]3)cc2s1. The number of nitrogen functional groups attached to an aromatic ring is 1. The van der Waals surface area contributed by atoms with Crippen molar-refractivity contribution in [3.8, 4) is 11.4 Å². The molecule has 4 aromatic rings. The van der Waals surface area contributed by atoms with Crippen molar-refractivity contribution in [2.75, 3.05) is 5.73 Å². The third-order valence-electron chi connectivity index (χ3n) is 3.22. The lowest BCUT2D eigenvalue weighted by Gasteiger charge is -1.95. The molecule has 0 aliphatic rings. The number of nitrogens with one attached hydrogen (secondary N) is 1. The first-order chi connectivity index (χ1) is 10.1. The summed E-state index contributed by atoms with van der Waals surface area (Å²) in [6, 6.07) is 8.05. The van der Waals surface area contributed by atoms with Crippen LogP contribution in [0.5, 0.6) is 0 Å². The van der Waals surface area contributed by atoms with Crippen LogP contribution in [0.2, 0.25) is 0 Å². The predicted octanol–water partition coefficient (Wildman–Crippen LogP) is 3.70. The van der Waals surface area contributed by atoms with Crippen molar-refractivity contribution >= 4 is 37.7 Å². The molecule has 7 heteroatoms. The second-order valence-electron chi connectivity index (χ2n) is 4.58. The third-order valence-corrected chi connectivity index (χ3v) is 4.07. The number of fused-ring (bicyclic) bond motifs is 2. The van der Waals surface area contributed by atoms with Crippen LogP contribution < -0.4 is 5.73 Å². The summed E-state index contributed by atoms with van der Waals surface area (Å²) in [5, 5.41) is 0.486. The Bertz CT molecular complexity index is 989. The molecule has 0 amide bonds. The van der Waals surface area contributed by atoms with Gasteiger partial charge in [0.2, 0.25) is 0 Å². The number of hydrogen-bond donors (Lipinski definition) is 2. The Morgan fingerprint density at radius 1 is 1.10 bits per heavy atom. The molecule has 0 radical (unpaired) electrons. The topological polar surface area (TPSA) is 67.6 Å². The van der Waals surface area contributed by atoms with Gasteiger partial charge >= 0.3 is 0 Å². The number of aromatic nitrogens is 3. The molecule has 0 saturated carbocycles. The average Bonchev–Trinajstić information content (AvgIpc) is 3.04. The van der Waals surface area contributed by atoms with Gasteiger partial charge in [0.1, 0.15) is 11.3 Å². The second-order valence-corrected chi connectivity index (χ2v) is 5.64. The highest BCUT2D eigenvalue weighted by Gasteiger charge is 2.13. The Balaban J connectivity index is 1.93. The maximum absolute atomic E-state index is 13.7. The van der Waals surface area contributed by atoms with E-state index in [1.165, 1.54) is 17.4 Å². The Hall–Kier alpha value is -2.54. The smallest absolute Gasteiger partial charge is 0.186 e. The van der Waals surface area contributed by atoms with Crippen LogP contribution in [0, 0.1) is 11.6 Å². The molecular weight excluding hydrogens is 294 g/mol. The van der Waals surface area contributed by atoms with Gasteiger partial charge in [0.25, 0.3) is 0 Å². The third kappa shape index (κ3) is 1.85. The molecule has 104 valence electrons. The molecule has 0 fully saturated rings. The number of anilines is 1. The van der Waals surface area contributed by atoms with Gasteiger partial charge in [0, 0.05) is 5.56 Å². The van der Waals surface area contributed by atoms with Gasteiger partial charge in [-0.2, -0.15) is 0 Å². The molecule has 0 saturated heterocycles. The highest BCUT2D eigenvalue weighted by atomic mass is 32.1. The van der Waals surface area contributed by atoms with Crippen LogP contribution in [-0.2, 0) is 0 Å². The summed E-state index contributed by atoms with van der Waals surface area (Å²) in [5.74, 6) is -1.38. The van der Waals surface area contributed by atoms with E-state index in [2.05, 4.69) is 15.0 Å². The van der Waals surface area contributed by atoms with Crippen LogP contribution in [0.1, 0.15) is 0 Å². The first-order valence-corrected chi connectivity index (χ1v) is 6.93. The summed E-state index contributed by atoms with van der Waals surface area (Å²) >= 11 is 1.36. The monoisotopic (exact) mass is 302 g/mol. The van der Waals surface area contributed by atoms with Gasteiger partial charge in [-0.25, -0.2) is 18.7 Å². The number of rotatable bonds is 1. The number of halogens is 2. The van der Waals surface area contributed by atoms with Gasteiger partial charge in [-0.3, -0.25) is 0 Å². The molecule has 0 unspecified atom stereocenters. The number of hydrogen-bond acceptors (Lipinski definition) is 4. The number of nitrogens with two attached hydrogens (primary N) is 1. The van der Waals surface area contributed by atoms with Crippen LogP contribution in [0.25, 0.3) is 32.6 Å². The first kappa shape index (κ1) is 12.2. The van der Waals surface area contributed by atoms with Crippen molar-refractivity contribution in [2.45, 2.75) is 0 Å². The molecule has 2 aromatic carbocycles. The summed E-state index contributed by atoms with van der Waals surface area (Å²) in [7, 11) is 0. The van der Waals surface area contributed by atoms with E-state index >= 15 is 0 Å². The zero-order valence-corrected chi connectivity index (χ0v) is 11.3. The zero-order valence-electron chi connectivity index (χ0n) is 10.5. The molecule has 4 rings (SSSR count). The summed E-state index contributed by atoms with van der Waals surface area (Å²) in [5.41, 5.74) is 7.68. The molecule has 0 bridgehead atoms. The van der Waals surface area contributed by atoms with Gasteiger partial charge in [-0.05, 0) is 30.3 Å². The van der Waals surface area contributed by atoms with E-state index in [4.69, 9.17) is 5.73 Å². The highest BCUT2D eigenvalue weighted by Crippen LogP contribution is 2.29. The molecular formula is C14H8F2N4S. The standard InChI is InChI=1S/C14H8F2N4S/c15-7-2-4-9-12(11(7)16)20-13(18-9)6-1-3-8-10(5-6)21-14(17)19-8/h1-5H,(H2,17,19)(H,18,20). The normalized spacial score (nSPS) is 11.5. The number of thiazole rings is 1. The lowest BCUT2D eigenvalue weighted by Crippen LogP contribution is -1.84. The maximum atomic E-state index is 13.7. The summed E-state index contributed by atoms with van der Waals surface area (Å²) < 4.78 is 27.8. The predicted molar refractivity (Wildman–Crippen MR) is 79.0 cm³/mol. The van der Waals surface area contributed by atoms with Gasteiger partial charge < -0.3 is 10.7 Å². The Morgan fingerprint density at radius 3 is 2.81 bits per heavy atom. The number of benzene rings is 2. The maximum Gasteiger partial charge on any atom is 0.186 e. The van der Waals surface area contributed by atoms with E-state index in [0.717, 1.165) is 21.8 Å². The van der Waals surface area contributed by atoms with Gasteiger partial charge in [0.05, 0.1) is 15.7 Å². The summed E-state index contributed by atoms with van der Waals surface area (Å²) in [4.78, 5) is 11.3. The van der Waals surface area contributed by atoms with Gasteiger partial charge in [-0.1, -0.05) is 11.3 Å². The second kappa shape index (κ2) is 4.23. The summed E-state index contributed by atoms with van der Waals surface area (Å²) in [6.45, 7) is 0. The molecule has 4 nitrogen and oxygen atoms in total. The van der Waals surface area contributed by atoms with Gasteiger partial charge in [-0.15, -0.1) is 0 Å². The van der Waals surface area contributed by atoms with Crippen molar-refractivity contribution in [2.24, 2.45) is 0 Å². The quantitative estimate of drug-likeness (QED) is 0.563. The highest BCUT2D eigenvalue weighted by molar-refractivity contribution is 7.22. The number of aromatic amines is 1. The average molecular weight is 302 g/mol. The van der Waals surface area contributed by atoms with E-state index in [1.807, 2.05) is 18.2 Å². The van der Waals surface area contributed by atoms with E-state index in [-0.39, 0.29) is 5.52 Å². The molecule has 0 aliphatic carbocycles. The fraction of sp³-hybridized carbons (Fsp3) is 0. The van der Waals surface area contributed by atoms with Crippen molar-refractivity contribution in [3.05, 3.63) is 42.0 Å². The van der Waals surface area contributed by atoms with Crippen LogP contribution >= 0.6 is 11.3 Å². The van der Waals surface area contributed by atoms with Crippen LogP contribution in [-0.4, -0.2) is 15.0 Å². The fourth-order valence-electron chi connectivity index (χ4n) is 2.24. The van der Waals surface area contributed by atoms with Gasteiger partial charge in [0.15, 0.2) is 16.8 Å². The zero-order chi connectivity index (χ0) is 14.6. The van der Waals surface area contributed by atoms with Crippen molar-refractivity contribution in [3.63, 3.8) is 0 Å².